The molecule has 0 bridgehead atoms. The first-order valence-corrected chi connectivity index (χ1v) is 7.11. The lowest BCUT2D eigenvalue weighted by atomic mass is 10.1. The highest BCUT2D eigenvalue weighted by atomic mass is 79.9. The van der Waals surface area contributed by atoms with E-state index in [-0.39, 0.29) is 18.0 Å². The van der Waals surface area contributed by atoms with Gasteiger partial charge in [-0.1, -0.05) is 13.0 Å². The number of amides is 2. The van der Waals surface area contributed by atoms with Gasteiger partial charge in [0.15, 0.2) is 0 Å². The number of nitrogens with zero attached hydrogens (tertiary/aromatic N) is 2. The van der Waals surface area contributed by atoms with Crippen LogP contribution in [0.15, 0.2) is 22.7 Å². The molecule has 110 valence electrons. The Bertz CT molecular complexity index is 486. The number of carbonyl (C=O) groups is 2. The van der Waals surface area contributed by atoms with Crippen molar-refractivity contribution in [2.75, 3.05) is 27.2 Å². The summed E-state index contributed by atoms with van der Waals surface area (Å²) < 4.78 is 14.2. The minimum atomic E-state index is -0.595. The van der Waals surface area contributed by atoms with Crippen molar-refractivity contribution in [3.05, 3.63) is 34.1 Å². The van der Waals surface area contributed by atoms with Gasteiger partial charge in [-0.3, -0.25) is 9.59 Å². The lowest BCUT2D eigenvalue weighted by Crippen LogP contribution is -2.41. The van der Waals surface area contributed by atoms with Crippen molar-refractivity contribution >= 4 is 27.7 Å². The highest BCUT2D eigenvalue weighted by Gasteiger charge is 2.23. The number of halogens is 2. The number of likely N-dealkylation sites (N-methyl/N-ethyl adjacent to an activating group) is 1. The fourth-order valence-corrected chi connectivity index (χ4v) is 2.20. The van der Waals surface area contributed by atoms with Crippen LogP contribution >= 0.6 is 15.9 Å². The molecule has 0 aliphatic heterocycles. The summed E-state index contributed by atoms with van der Waals surface area (Å²) in [6.45, 7) is 2.25. The van der Waals surface area contributed by atoms with Crippen molar-refractivity contribution in [3.63, 3.8) is 0 Å². The maximum atomic E-state index is 13.8. The molecular weight excluding hydrogens is 327 g/mol. The highest BCUT2D eigenvalue weighted by Crippen LogP contribution is 2.21. The maximum absolute atomic E-state index is 13.8. The zero-order valence-corrected chi connectivity index (χ0v) is 13.4. The largest absolute Gasteiger partial charge is 0.347 e. The predicted octanol–water partition coefficient (Wildman–Crippen LogP) is 2.53. The molecule has 0 aliphatic carbocycles. The van der Waals surface area contributed by atoms with Gasteiger partial charge in [-0.25, -0.2) is 4.39 Å². The SMILES string of the molecule is CCCN(CC(=O)N(C)C)C(=O)c1c(F)cccc1Br. The van der Waals surface area contributed by atoms with E-state index in [0.717, 1.165) is 0 Å². The van der Waals surface area contributed by atoms with Crippen molar-refractivity contribution in [1.29, 1.82) is 0 Å². The first-order valence-electron chi connectivity index (χ1n) is 6.31. The second kappa shape index (κ2) is 7.38. The van der Waals surface area contributed by atoms with E-state index in [1.54, 1.807) is 20.2 Å². The Hall–Kier alpha value is -1.43. The predicted molar refractivity (Wildman–Crippen MR) is 79.0 cm³/mol. The van der Waals surface area contributed by atoms with E-state index in [9.17, 15) is 14.0 Å². The molecule has 0 atom stereocenters. The minimum absolute atomic E-state index is 0.0347. The van der Waals surface area contributed by atoms with Gasteiger partial charge >= 0.3 is 0 Å². The summed E-state index contributed by atoms with van der Waals surface area (Å²) in [7, 11) is 3.24. The van der Waals surface area contributed by atoms with E-state index in [1.807, 2.05) is 6.92 Å². The summed E-state index contributed by atoms with van der Waals surface area (Å²) in [6.07, 6.45) is 0.693. The van der Waals surface area contributed by atoms with Gasteiger partial charge in [-0.05, 0) is 34.5 Å². The summed E-state index contributed by atoms with van der Waals surface area (Å²) in [5.41, 5.74) is -0.0347. The quantitative estimate of drug-likeness (QED) is 0.823. The molecule has 0 heterocycles. The van der Waals surface area contributed by atoms with Gasteiger partial charge in [0, 0.05) is 25.1 Å². The Balaban J connectivity index is 3.02. The standard InChI is InChI=1S/C14H18BrFN2O2/c1-4-8-18(9-12(19)17(2)3)14(20)13-10(15)6-5-7-11(13)16/h5-7H,4,8-9H2,1-3H3. The van der Waals surface area contributed by atoms with Crippen LogP contribution in [-0.4, -0.2) is 48.8 Å². The van der Waals surface area contributed by atoms with Crippen molar-refractivity contribution in [2.24, 2.45) is 0 Å². The van der Waals surface area contributed by atoms with E-state index in [1.165, 1.54) is 21.9 Å². The van der Waals surface area contributed by atoms with Crippen LogP contribution in [0.1, 0.15) is 23.7 Å². The number of hydrogen-bond acceptors (Lipinski definition) is 2. The fourth-order valence-electron chi connectivity index (χ4n) is 1.69. The summed E-state index contributed by atoms with van der Waals surface area (Å²) in [5.74, 6) is -1.27. The second-order valence-corrected chi connectivity index (χ2v) is 5.47. The van der Waals surface area contributed by atoms with E-state index in [4.69, 9.17) is 0 Å². The maximum Gasteiger partial charge on any atom is 0.258 e. The molecule has 0 N–H and O–H groups in total. The van der Waals surface area contributed by atoms with E-state index < -0.39 is 11.7 Å². The van der Waals surface area contributed by atoms with Crippen LogP contribution in [0.25, 0.3) is 0 Å². The van der Waals surface area contributed by atoms with Gasteiger partial charge in [0.05, 0.1) is 5.56 Å². The molecule has 6 heteroatoms. The van der Waals surface area contributed by atoms with Crippen LogP contribution in [0.4, 0.5) is 4.39 Å². The highest BCUT2D eigenvalue weighted by molar-refractivity contribution is 9.10. The summed E-state index contributed by atoms with van der Waals surface area (Å²) >= 11 is 3.18. The molecule has 20 heavy (non-hydrogen) atoms. The van der Waals surface area contributed by atoms with Gasteiger partial charge in [-0.2, -0.15) is 0 Å². The number of rotatable bonds is 5. The van der Waals surface area contributed by atoms with Crippen molar-refractivity contribution in [2.45, 2.75) is 13.3 Å². The number of benzene rings is 1. The number of carbonyl (C=O) groups excluding carboxylic acids is 2. The van der Waals surface area contributed by atoms with Gasteiger partial charge in [-0.15, -0.1) is 0 Å². The van der Waals surface area contributed by atoms with Gasteiger partial charge in [0.2, 0.25) is 5.91 Å². The van der Waals surface area contributed by atoms with Crippen molar-refractivity contribution in [1.82, 2.24) is 9.80 Å². The molecule has 0 saturated carbocycles. The molecule has 0 unspecified atom stereocenters. The van der Waals surface area contributed by atoms with Crippen molar-refractivity contribution < 1.29 is 14.0 Å². The summed E-state index contributed by atoms with van der Waals surface area (Å²) in [5, 5.41) is 0. The molecule has 0 fully saturated rings. The molecule has 1 aromatic carbocycles. The van der Waals surface area contributed by atoms with E-state index in [2.05, 4.69) is 15.9 Å². The summed E-state index contributed by atoms with van der Waals surface area (Å²) in [4.78, 5) is 27.0. The Labute approximate surface area is 126 Å². The Morgan fingerprint density at radius 2 is 1.95 bits per heavy atom. The topological polar surface area (TPSA) is 40.6 Å². The molecule has 4 nitrogen and oxygen atoms in total. The molecular formula is C14H18BrFN2O2. The van der Waals surface area contributed by atoms with Crippen LogP contribution in [0.5, 0.6) is 0 Å². The Kier molecular flexibility index (Phi) is 6.13. The number of hydrogen-bond donors (Lipinski definition) is 0. The molecule has 0 spiro atoms. The molecule has 0 saturated heterocycles. The fraction of sp³-hybridized carbons (Fsp3) is 0.429. The molecule has 0 aliphatic rings. The molecule has 0 radical (unpaired) electrons. The zero-order valence-electron chi connectivity index (χ0n) is 11.8. The first kappa shape index (κ1) is 16.6. The van der Waals surface area contributed by atoms with Crippen LogP contribution in [0, 0.1) is 5.82 Å². The Morgan fingerprint density at radius 1 is 1.30 bits per heavy atom. The molecule has 2 amide bonds. The van der Waals surface area contributed by atoms with Crippen molar-refractivity contribution in [3.8, 4) is 0 Å². The Morgan fingerprint density at radius 3 is 2.45 bits per heavy atom. The normalized spacial score (nSPS) is 10.2. The second-order valence-electron chi connectivity index (χ2n) is 4.61. The van der Waals surface area contributed by atoms with E-state index >= 15 is 0 Å². The first-order chi connectivity index (χ1) is 9.38. The average molecular weight is 345 g/mol. The molecule has 1 rings (SSSR count). The van der Waals surface area contributed by atoms with Crippen LogP contribution < -0.4 is 0 Å². The van der Waals surface area contributed by atoms with E-state index in [0.29, 0.717) is 17.4 Å². The van der Waals surface area contributed by atoms with Gasteiger partial charge in [0.25, 0.3) is 5.91 Å². The molecule has 0 aromatic heterocycles. The van der Waals surface area contributed by atoms with Gasteiger partial charge in [0.1, 0.15) is 12.4 Å². The third-order valence-electron chi connectivity index (χ3n) is 2.78. The van der Waals surface area contributed by atoms with Gasteiger partial charge < -0.3 is 9.80 Å². The third-order valence-corrected chi connectivity index (χ3v) is 3.44. The van der Waals surface area contributed by atoms with Crippen LogP contribution in [0.3, 0.4) is 0 Å². The average Bonchev–Trinajstić information content (AvgIpc) is 2.37. The lowest BCUT2D eigenvalue weighted by Gasteiger charge is -2.24. The molecule has 1 aromatic rings. The zero-order chi connectivity index (χ0) is 15.3. The van der Waals surface area contributed by atoms with Crippen LogP contribution in [0.2, 0.25) is 0 Å². The lowest BCUT2D eigenvalue weighted by molar-refractivity contribution is -0.129. The smallest absolute Gasteiger partial charge is 0.258 e. The third kappa shape index (κ3) is 4.03. The summed E-state index contributed by atoms with van der Waals surface area (Å²) in [6, 6.07) is 4.36. The monoisotopic (exact) mass is 344 g/mol. The minimum Gasteiger partial charge on any atom is -0.347 e. The van der Waals surface area contributed by atoms with Crippen LogP contribution in [-0.2, 0) is 4.79 Å².